The number of nitrogens with zero attached hydrogens (tertiary/aromatic N) is 1. The van der Waals surface area contributed by atoms with Crippen LogP contribution < -0.4 is 16.5 Å². The molecule has 44 heavy (non-hydrogen) atoms. The average Bonchev–Trinajstić information content (AvgIpc) is 2.99. The van der Waals surface area contributed by atoms with Crippen LogP contribution in [0.3, 0.4) is 0 Å². The number of fused-ring (bicyclic) bond motifs is 1. The molecule has 4 aliphatic carbocycles. The van der Waals surface area contributed by atoms with E-state index in [1.54, 1.807) is 34.9 Å². The quantitative estimate of drug-likeness (QED) is 0.251. The molecule has 3 aromatic carbocycles. The van der Waals surface area contributed by atoms with Gasteiger partial charge < -0.3 is 20.4 Å². The largest absolute Gasteiger partial charge is 0.464 e. The Labute approximate surface area is 267 Å². The van der Waals surface area contributed by atoms with Crippen molar-refractivity contribution in [2.75, 3.05) is 7.11 Å². The molecule has 4 saturated carbocycles. The van der Waals surface area contributed by atoms with E-state index in [2.05, 4.69) is 5.32 Å². The first-order valence-corrected chi connectivity index (χ1v) is 15.3. The minimum Gasteiger partial charge on any atom is -0.464 e. The lowest BCUT2D eigenvalue weighted by molar-refractivity contribution is -0.0278. The number of aromatic nitrogens is 1. The van der Waals surface area contributed by atoms with E-state index in [9.17, 15) is 14.4 Å². The molecule has 0 aliphatic heterocycles. The number of esters is 1. The minimum atomic E-state index is -0.622. The van der Waals surface area contributed by atoms with E-state index in [1.807, 2.05) is 42.5 Å². The molecule has 1 amide bonds. The first kappa shape index (κ1) is 30.4. The third-order valence-electron chi connectivity index (χ3n) is 9.84. The summed E-state index contributed by atoms with van der Waals surface area (Å²) in [6.07, 6.45) is 5.60. The van der Waals surface area contributed by atoms with E-state index in [4.69, 9.17) is 22.1 Å². The number of benzene rings is 3. The smallest absolute Gasteiger partial charge is 0.355 e. The summed E-state index contributed by atoms with van der Waals surface area (Å²) >= 11 is 6.34. The molecule has 9 heteroatoms. The summed E-state index contributed by atoms with van der Waals surface area (Å²) in [7, 11) is 1.30. The first-order chi connectivity index (χ1) is 20.7. The van der Waals surface area contributed by atoms with E-state index in [-0.39, 0.29) is 47.4 Å². The number of ether oxygens (including phenoxy) is 1. The molecule has 4 aromatic rings. The number of carbonyl (C=O) groups excluding carboxylic acids is 2. The average molecular weight is 633 g/mol. The molecule has 228 valence electrons. The number of carbonyl (C=O) groups is 2. The van der Waals surface area contributed by atoms with Gasteiger partial charge in [-0.25, -0.2) is 4.79 Å². The number of nitrogens with two attached hydrogens (primary N) is 1. The summed E-state index contributed by atoms with van der Waals surface area (Å²) < 4.78 is 6.93. The Hall–Kier alpha value is -3.65. The second-order valence-corrected chi connectivity index (χ2v) is 13.1. The Balaban J connectivity index is 0.00000343. The van der Waals surface area contributed by atoms with Gasteiger partial charge in [-0.1, -0.05) is 41.9 Å². The molecule has 0 unspecified atom stereocenters. The lowest BCUT2D eigenvalue weighted by Gasteiger charge is -2.58. The zero-order valence-corrected chi connectivity index (χ0v) is 26.0. The second-order valence-electron chi connectivity index (χ2n) is 12.7. The number of hydrogen-bond acceptors (Lipinski definition) is 5. The molecular weight excluding hydrogens is 597 g/mol. The van der Waals surface area contributed by atoms with Crippen molar-refractivity contribution in [2.24, 2.45) is 23.5 Å². The molecular formula is C35H35Cl2N3O4. The van der Waals surface area contributed by atoms with Gasteiger partial charge in [-0.05, 0) is 97.9 Å². The van der Waals surface area contributed by atoms with Crippen LogP contribution >= 0.6 is 24.0 Å². The number of rotatable bonds is 6. The number of halogens is 2. The van der Waals surface area contributed by atoms with Crippen LogP contribution in [0.4, 0.5) is 0 Å². The van der Waals surface area contributed by atoms with Gasteiger partial charge in [-0.2, -0.15) is 0 Å². The molecule has 3 N–H and O–H groups in total. The fraction of sp³-hybridized carbons (Fsp3) is 0.343. The molecule has 0 radical (unpaired) electrons. The Morgan fingerprint density at radius 2 is 1.68 bits per heavy atom. The van der Waals surface area contributed by atoms with Crippen molar-refractivity contribution >= 4 is 46.8 Å². The lowest BCUT2D eigenvalue weighted by atomic mass is 9.51. The van der Waals surface area contributed by atoms with Crippen LogP contribution in [-0.2, 0) is 11.2 Å². The SMILES string of the molecule is COC(=O)c1c(Cc2ccc(C(=O)N[C@H]3[C@@H]4C[C@H]5C[C@H]3C[C@](N)(C5)C4)cc2)c(=O)c2ccc(Cl)cc2n1-c1ccccc1.Cl. The van der Waals surface area contributed by atoms with Crippen LogP contribution in [0.25, 0.3) is 16.6 Å². The molecule has 1 aromatic heterocycles. The van der Waals surface area contributed by atoms with Crippen LogP contribution in [0.2, 0.25) is 5.02 Å². The number of methoxy groups -OCH3 is 1. The van der Waals surface area contributed by atoms with Crippen molar-refractivity contribution in [2.45, 2.75) is 50.1 Å². The van der Waals surface area contributed by atoms with E-state index >= 15 is 0 Å². The first-order valence-electron chi connectivity index (χ1n) is 14.9. The standard InChI is InChI=1S/C35H34ClN3O4.ClH/c1-43-34(42)31-28(32(40)27-12-11-25(36)16-29(27)39(31)26-5-3-2-4-6-26)15-20-7-9-22(10-8-20)33(41)38-30-23-13-21-14-24(30)19-35(37,17-21)18-23;/h2-12,16,21,23-24,30H,13-15,17-19,37H2,1H3,(H,38,41);1H/t21-,23+,24-,30-,35-;. The second kappa shape index (κ2) is 11.7. The molecule has 4 bridgehead atoms. The normalized spacial score (nSPS) is 25.0. The number of para-hydroxylation sites is 1. The van der Waals surface area contributed by atoms with Gasteiger partial charge >= 0.3 is 5.97 Å². The van der Waals surface area contributed by atoms with E-state index in [1.165, 1.54) is 7.11 Å². The van der Waals surface area contributed by atoms with E-state index < -0.39 is 5.97 Å². The Kier molecular flexibility index (Phi) is 8.07. The lowest BCUT2D eigenvalue weighted by Crippen LogP contribution is -2.64. The summed E-state index contributed by atoms with van der Waals surface area (Å²) in [6.45, 7) is 0. The topological polar surface area (TPSA) is 103 Å². The molecule has 0 saturated heterocycles. The predicted octanol–water partition coefficient (Wildman–Crippen LogP) is 6.08. The van der Waals surface area contributed by atoms with Crippen LogP contribution in [0.1, 0.15) is 64.1 Å². The summed E-state index contributed by atoms with van der Waals surface area (Å²) in [4.78, 5) is 40.5. The maximum atomic E-state index is 13.9. The van der Waals surface area contributed by atoms with Crippen molar-refractivity contribution in [1.82, 2.24) is 9.88 Å². The molecule has 5 atom stereocenters. The van der Waals surface area contributed by atoms with Gasteiger partial charge in [0.2, 0.25) is 0 Å². The Morgan fingerprint density at radius 3 is 2.32 bits per heavy atom. The maximum Gasteiger partial charge on any atom is 0.355 e. The third-order valence-corrected chi connectivity index (χ3v) is 10.1. The zero-order valence-electron chi connectivity index (χ0n) is 24.4. The van der Waals surface area contributed by atoms with Crippen molar-refractivity contribution < 1.29 is 14.3 Å². The summed E-state index contributed by atoms with van der Waals surface area (Å²) in [5.41, 5.74) is 9.40. The van der Waals surface area contributed by atoms with Crippen LogP contribution in [0.5, 0.6) is 0 Å². The highest BCUT2D eigenvalue weighted by Gasteiger charge is 2.54. The fourth-order valence-electron chi connectivity index (χ4n) is 8.26. The molecule has 8 rings (SSSR count). The number of pyridine rings is 1. The van der Waals surface area contributed by atoms with Crippen LogP contribution in [0.15, 0.2) is 77.6 Å². The summed E-state index contributed by atoms with van der Waals surface area (Å²) in [5, 5.41) is 4.23. The molecule has 4 fully saturated rings. The molecule has 1 heterocycles. The maximum absolute atomic E-state index is 13.9. The Bertz CT molecular complexity index is 1790. The van der Waals surface area contributed by atoms with Gasteiger partial charge in [0.15, 0.2) is 5.43 Å². The molecule has 0 spiro atoms. The highest BCUT2D eigenvalue weighted by atomic mass is 35.5. The van der Waals surface area contributed by atoms with Crippen molar-refractivity contribution in [3.8, 4) is 5.69 Å². The predicted molar refractivity (Wildman–Crippen MR) is 174 cm³/mol. The van der Waals surface area contributed by atoms with Crippen molar-refractivity contribution in [3.63, 3.8) is 0 Å². The monoisotopic (exact) mass is 631 g/mol. The summed E-state index contributed by atoms with van der Waals surface area (Å²) in [6, 6.07) is 21.8. The van der Waals surface area contributed by atoms with E-state index in [0.29, 0.717) is 50.5 Å². The Morgan fingerprint density at radius 1 is 1.00 bits per heavy atom. The van der Waals surface area contributed by atoms with E-state index in [0.717, 1.165) is 37.7 Å². The number of hydrogen-bond donors (Lipinski definition) is 2. The van der Waals surface area contributed by atoms with Crippen LogP contribution in [-0.4, -0.2) is 35.1 Å². The number of nitrogens with one attached hydrogen (secondary N) is 1. The summed E-state index contributed by atoms with van der Waals surface area (Å²) in [5.74, 6) is 0.892. The minimum absolute atomic E-state index is 0. The molecule has 4 aliphatic rings. The zero-order chi connectivity index (χ0) is 29.9. The van der Waals surface area contributed by atoms with Crippen molar-refractivity contribution in [1.29, 1.82) is 0 Å². The fourth-order valence-corrected chi connectivity index (χ4v) is 8.43. The van der Waals surface area contributed by atoms with Gasteiger partial charge in [-0.15, -0.1) is 12.4 Å². The van der Waals surface area contributed by atoms with Gasteiger partial charge in [0.05, 0.1) is 12.6 Å². The number of amides is 1. The van der Waals surface area contributed by atoms with Crippen LogP contribution in [0, 0.1) is 17.8 Å². The third kappa shape index (κ3) is 5.31. The molecule has 7 nitrogen and oxygen atoms in total. The van der Waals surface area contributed by atoms with Gasteiger partial charge in [-0.3, -0.25) is 9.59 Å². The van der Waals surface area contributed by atoms with Gasteiger partial charge in [0.1, 0.15) is 5.69 Å². The van der Waals surface area contributed by atoms with Gasteiger partial charge in [0, 0.05) is 45.2 Å². The van der Waals surface area contributed by atoms with Gasteiger partial charge in [0.25, 0.3) is 5.91 Å². The van der Waals surface area contributed by atoms with Crippen molar-refractivity contribution in [3.05, 3.63) is 110 Å². The highest BCUT2D eigenvalue weighted by Crippen LogP contribution is 2.54. The highest BCUT2D eigenvalue weighted by molar-refractivity contribution is 6.31.